The number of rotatable bonds is 4. The number of aromatic nitrogens is 1. The van der Waals surface area contributed by atoms with Gasteiger partial charge in [-0.1, -0.05) is 30.3 Å². The van der Waals surface area contributed by atoms with Gasteiger partial charge < -0.3 is 15.2 Å². The van der Waals surface area contributed by atoms with Crippen molar-refractivity contribution in [3.8, 4) is 5.69 Å². The highest BCUT2D eigenvalue weighted by Gasteiger charge is 2.25. The largest absolute Gasteiger partial charge is 0.354 e. The first-order valence-electron chi connectivity index (χ1n) is 9.85. The van der Waals surface area contributed by atoms with Crippen molar-refractivity contribution < 1.29 is 4.79 Å². The minimum Gasteiger partial charge on any atom is -0.354 e. The molecule has 6 heteroatoms. The molecule has 1 aliphatic heterocycles. The van der Waals surface area contributed by atoms with Crippen molar-refractivity contribution in [1.29, 1.82) is 0 Å². The van der Waals surface area contributed by atoms with E-state index < -0.39 is 0 Å². The van der Waals surface area contributed by atoms with Crippen LogP contribution in [0, 0.1) is 5.92 Å². The number of nitrogens with zero attached hydrogens (tertiary/aromatic N) is 1. The predicted octanol–water partition coefficient (Wildman–Crippen LogP) is 3.31. The summed E-state index contributed by atoms with van der Waals surface area (Å²) in [6.45, 7) is 1.92. The maximum Gasteiger partial charge on any atom is 0.268 e. The molecule has 2 aromatic carbocycles. The molecule has 1 amide bonds. The van der Waals surface area contributed by atoms with Crippen LogP contribution in [0.4, 0.5) is 0 Å². The predicted molar refractivity (Wildman–Crippen MR) is 119 cm³/mol. The maximum absolute atomic E-state index is 13.4. The normalized spacial score (nSPS) is 14.4. The van der Waals surface area contributed by atoms with Crippen molar-refractivity contribution in [2.45, 2.75) is 19.3 Å². The van der Waals surface area contributed by atoms with Gasteiger partial charge in [0.25, 0.3) is 5.91 Å². The first kappa shape index (κ1) is 21.1. The summed E-state index contributed by atoms with van der Waals surface area (Å²) in [6, 6.07) is 17.3. The number of hydrogen-bond donors (Lipinski definition) is 2. The van der Waals surface area contributed by atoms with E-state index in [1.807, 2.05) is 59.2 Å². The molecule has 152 valence electrons. The van der Waals surface area contributed by atoms with Gasteiger partial charge in [0.2, 0.25) is 0 Å². The molecule has 1 aromatic heterocycles. The van der Waals surface area contributed by atoms with Crippen LogP contribution in [0.25, 0.3) is 16.6 Å². The standard InChI is InChI=1S/C23H25N3O2.ClH/c1-24-23(28)21-19(15-16-11-13-25-14-12-16)22(27)18-9-5-6-10-20(18)26(21)17-7-3-2-4-8-17;/h2-10,16,25H,11-15H2,1H3,(H,24,28);1H. The number of nitrogens with one attached hydrogen (secondary N) is 2. The van der Waals surface area contributed by atoms with E-state index in [-0.39, 0.29) is 23.7 Å². The van der Waals surface area contributed by atoms with E-state index in [1.165, 1.54) is 0 Å². The average molecular weight is 412 g/mol. The van der Waals surface area contributed by atoms with E-state index in [0.29, 0.717) is 29.0 Å². The van der Waals surface area contributed by atoms with Crippen LogP contribution in [0.2, 0.25) is 0 Å². The Bertz CT molecular complexity index is 1060. The van der Waals surface area contributed by atoms with Crippen LogP contribution < -0.4 is 16.1 Å². The Morgan fingerprint density at radius 2 is 1.72 bits per heavy atom. The van der Waals surface area contributed by atoms with Crippen LogP contribution in [0.3, 0.4) is 0 Å². The van der Waals surface area contributed by atoms with Crippen LogP contribution in [0.1, 0.15) is 28.9 Å². The van der Waals surface area contributed by atoms with Crippen LogP contribution in [0.15, 0.2) is 59.4 Å². The third-order valence-corrected chi connectivity index (χ3v) is 5.58. The molecule has 29 heavy (non-hydrogen) atoms. The van der Waals surface area contributed by atoms with Gasteiger partial charge in [-0.3, -0.25) is 9.59 Å². The topological polar surface area (TPSA) is 63.1 Å². The van der Waals surface area contributed by atoms with Gasteiger partial charge in [-0.2, -0.15) is 0 Å². The molecular weight excluding hydrogens is 386 g/mol. The first-order chi connectivity index (χ1) is 13.7. The summed E-state index contributed by atoms with van der Waals surface area (Å²) in [5.41, 5.74) is 2.68. The van der Waals surface area contributed by atoms with Gasteiger partial charge in [0.15, 0.2) is 5.43 Å². The molecule has 3 aromatic rings. The zero-order chi connectivity index (χ0) is 19.5. The highest BCUT2D eigenvalue weighted by Crippen LogP contribution is 2.25. The average Bonchev–Trinajstić information content (AvgIpc) is 2.76. The zero-order valence-corrected chi connectivity index (χ0v) is 17.3. The number of para-hydroxylation sites is 2. The number of amides is 1. The molecule has 0 radical (unpaired) electrons. The van der Waals surface area contributed by atoms with Gasteiger partial charge >= 0.3 is 0 Å². The number of halogens is 1. The molecule has 0 bridgehead atoms. The quantitative estimate of drug-likeness (QED) is 0.692. The summed E-state index contributed by atoms with van der Waals surface area (Å²) in [6.07, 6.45) is 2.66. The Kier molecular flexibility index (Phi) is 6.72. The molecule has 1 saturated heterocycles. The van der Waals surface area contributed by atoms with Gasteiger partial charge in [-0.15, -0.1) is 12.4 Å². The van der Waals surface area contributed by atoms with Crippen molar-refractivity contribution >= 4 is 29.2 Å². The van der Waals surface area contributed by atoms with Crippen LogP contribution in [0.5, 0.6) is 0 Å². The molecule has 0 atom stereocenters. The van der Waals surface area contributed by atoms with Crippen LogP contribution >= 0.6 is 12.4 Å². The zero-order valence-electron chi connectivity index (χ0n) is 16.5. The Balaban J connectivity index is 0.00000240. The van der Waals surface area contributed by atoms with E-state index in [2.05, 4.69) is 10.6 Å². The Morgan fingerprint density at radius 3 is 2.41 bits per heavy atom. The van der Waals surface area contributed by atoms with Crippen LogP contribution in [-0.2, 0) is 6.42 Å². The molecule has 0 spiro atoms. The monoisotopic (exact) mass is 411 g/mol. The number of hydrogen-bond acceptors (Lipinski definition) is 3. The lowest BCUT2D eigenvalue weighted by Gasteiger charge is -2.25. The third kappa shape index (κ3) is 4.07. The second-order valence-corrected chi connectivity index (χ2v) is 7.32. The van der Waals surface area contributed by atoms with Crippen molar-refractivity contribution in [2.24, 2.45) is 5.92 Å². The summed E-state index contributed by atoms with van der Waals surface area (Å²) < 4.78 is 1.94. The minimum atomic E-state index is -0.226. The summed E-state index contributed by atoms with van der Waals surface area (Å²) in [4.78, 5) is 26.4. The van der Waals surface area contributed by atoms with E-state index in [4.69, 9.17) is 0 Å². The van der Waals surface area contributed by atoms with E-state index in [9.17, 15) is 9.59 Å². The SMILES string of the molecule is CNC(=O)c1c(CC2CCNCC2)c(=O)c2ccccc2n1-c1ccccc1.Cl. The fourth-order valence-electron chi connectivity index (χ4n) is 4.15. The summed E-state index contributed by atoms with van der Waals surface area (Å²) in [5.74, 6) is 0.179. The minimum absolute atomic E-state index is 0. The Labute approximate surface area is 176 Å². The second-order valence-electron chi connectivity index (χ2n) is 7.32. The fraction of sp³-hybridized carbons (Fsp3) is 0.304. The molecule has 1 aliphatic rings. The molecule has 4 rings (SSSR count). The number of pyridine rings is 1. The molecule has 5 nitrogen and oxygen atoms in total. The van der Waals surface area contributed by atoms with Gasteiger partial charge in [0.05, 0.1) is 5.52 Å². The number of carbonyl (C=O) groups excluding carboxylic acids is 1. The molecule has 0 aliphatic carbocycles. The Morgan fingerprint density at radius 1 is 1.07 bits per heavy atom. The molecule has 2 heterocycles. The van der Waals surface area contributed by atoms with Crippen molar-refractivity contribution in [1.82, 2.24) is 15.2 Å². The van der Waals surface area contributed by atoms with E-state index in [0.717, 1.165) is 37.1 Å². The molecule has 2 N–H and O–H groups in total. The second kappa shape index (κ2) is 9.25. The van der Waals surface area contributed by atoms with Crippen LogP contribution in [-0.4, -0.2) is 30.6 Å². The smallest absolute Gasteiger partial charge is 0.268 e. The molecule has 0 saturated carbocycles. The first-order valence-corrected chi connectivity index (χ1v) is 9.85. The Hall–Kier alpha value is -2.63. The van der Waals surface area contributed by atoms with Gasteiger partial charge in [-0.25, -0.2) is 0 Å². The van der Waals surface area contributed by atoms with Gasteiger partial charge in [-0.05, 0) is 62.5 Å². The number of carbonyl (C=O) groups is 1. The van der Waals surface area contributed by atoms with Gasteiger partial charge in [0.1, 0.15) is 5.69 Å². The van der Waals surface area contributed by atoms with Crippen molar-refractivity contribution in [3.05, 3.63) is 76.1 Å². The lowest BCUT2D eigenvalue weighted by atomic mass is 9.89. The van der Waals surface area contributed by atoms with Gasteiger partial charge in [0, 0.05) is 23.7 Å². The van der Waals surface area contributed by atoms with E-state index in [1.54, 1.807) is 7.05 Å². The highest BCUT2D eigenvalue weighted by molar-refractivity contribution is 5.98. The number of benzene rings is 2. The molecule has 1 fully saturated rings. The summed E-state index contributed by atoms with van der Waals surface area (Å²) in [7, 11) is 1.62. The molecule has 0 unspecified atom stereocenters. The summed E-state index contributed by atoms with van der Waals surface area (Å²) in [5, 5.41) is 6.77. The number of piperidine rings is 1. The fourth-order valence-corrected chi connectivity index (χ4v) is 4.15. The molecular formula is C23H26ClN3O2. The van der Waals surface area contributed by atoms with E-state index >= 15 is 0 Å². The number of fused-ring (bicyclic) bond motifs is 1. The summed E-state index contributed by atoms with van der Waals surface area (Å²) >= 11 is 0. The third-order valence-electron chi connectivity index (χ3n) is 5.58. The maximum atomic E-state index is 13.4. The lowest BCUT2D eigenvalue weighted by Crippen LogP contribution is -2.33. The van der Waals surface area contributed by atoms with Crippen molar-refractivity contribution in [2.75, 3.05) is 20.1 Å². The lowest BCUT2D eigenvalue weighted by molar-refractivity contribution is 0.0954. The highest BCUT2D eigenvalue weighted by atomic mass is 35.5. The van der Waals surface area contributed by atoms with Crippen molar-refractivity contribution in [3.63, 3.8) is 0 Å².